The molecule has 0 bridgehead atoms. The molecule has 0 saturated heterocycles. The van der Waals surface area contributed by atoms with Gasteiger partial charge in [0.2, 0.25) is 0 Å². The van der Waals surface area contributed by atoms with E-state index < -0.39 is 6.04 Å². The van der Waals surface area contributed by atoms with Gasteiger partial charge in [-0.25, -0.2) is 0 Å². The summed E-state index contributed by atoms with van der Waals surface area (Å²) in [6.45, 7) is 0. The van der Waals surface area contributed by atoms with Crippen molar-refractivity contribution in [2.45, 2.75) is 0 Å². The van der Waals surface area contributed by atoms with E-state index >= 15 is 0 Å². The average Bonchev–Trinajstić information content (AvgIpc) is 3.82. The van der Waals surface area contributed by atoms with Gasteiger partial charge in [-0.3, -0.25) is 0 Å². The first-order chi connectivity index (χ1) is 29.6. The predicted molar refractivity (Wildman–Crippen MR) is 252 cm³/mol. The second kappa shape index (κ2) is 12.7. The molecule has 2 aliphatic rings. The molecule has 6 heteroatoms. The standard InChI is InChI=1S/C54H33N2O2PS/c60-59-52-32-36(34-20-26-38(27-21-34)55-44-14-5-1-10-40(44)41-11-2-6-15-45(41)55)24-30-48(52)57-50-18-9-19-51(54(50)59)58-49-31-25-37(33-53(49)59)35-22-28-39(29-23-35)56-46-16-7-3-12-42(46)43-13-4-8-17-47(43)56/h1-33H. The molecule has 0 N–H and O–H groups in total. The number of benzene rings is 9. The minimum Gasteiger partial charge on any atom is -0.456 e. The Morgan fingerprint density at radius 1 is 0.333 bits per heavy atom. The van der Waals surface area contributed by atoms with E-state index in [2.05, 4.69) is 191 Å². The molecule has 9 aromatic carbocycles. The van der Waals surface area contributed by atoms with Crippen molar-refractivity contribution in [3.8, 4) is 56.6 Å². The van der Waals surface area contributed by atoms with Gasteiger partial charge in [0.1, 0.15) is 23.0 Å². The average molecular weight is 805 g/mol. The topological polar surface area (TPSA) is 28.3 Å². The highest BCUT2D eigenvalue weighted by Gasteiger charge is 2.43. The minimum atomic E-state index is -2.64. The zero-order valence-corrected chi connectivity index (χ0v) is 33.8. The lowest BCUT2D eigenvalue weighted by Gasteiger charge is -2.37. The van der Waals surface area contributed by atoms with Crippen LogP contribution in [0.3, 0.4) is 0 Å². The number of hydrogen-bond donors (Lipinski definition) is 0. The van der Waals surface area contributed by atoms with Crippen molar-refractivity contribution in [1.29, 1.82) is 0 Å². The van der Waals surface area contributed by atoms with E-state index in [1.165, 1.54) is 43.6 Å². The Morgan fingerprint density at radius 3 is 1.07 bits per heavy atom. The van der Waals surface area contributed by atoms with Crippen molar-refractivity contribution in [2.75, 3.05) is 0 Å². The molecule has 0 atom stereocenters. The van der Waals surface area contributed by atoms with Crippen LogP contribution in [0.2, 0.25) is 0 Å². The number of hydrogen-bond acceptors (Lipinski definition) is 3. The molecule has 0 radical (unpaired) electrons. The molecule has 2 aliphatic heterocycles. The van der Waals surface area contributed by atoms with Crippen LogP contribution in [0.15, 0.2) is 200 Å². The zero-order chi connectivity index (χ0) is 39.5. The Hall–Kier alpha value is -7.17. The SMILES string of the molecule is S=P12c3cc(-c4ccc(-n5c6ccccc6c6ccccc65)cc4)ccc3Oc3cccc(c31)Oc1ccc(-c3ccc(-n4c5ccccc5c5ccccc54)cc3)cc12. The molecule has 0 saturated carbocycles. The zero-order valence-electron chi connectivity index (χ0n) is 32.1. The number of rotatable bonds is 4. The first-order valence-corrected chi connectivity index (χ1v) is 23.0. The molecule has 2 aromatic heterocycles. The smallest absolute Gasteiger partial charge is 0.140 e. The third-order valence-corrected chi connectivity index (χ3v) is 17.2. The molecule has 4 heterocycles. The molecule has 282 valence electrons. The monoisotopic (exact) mass is 804 g/mol. The maximum Gasteiger partial charge on any atom is 0.140 e. The van der Waals surface area contributed by atoms with E-state index in [0.717, 1.165) is 72.5 Å². The van der Waals surface area contributed by atoms with Gasteiger partial charge in [0.15, 0.2) is 0 Å². The fraction of sp³-hybridized carbons (Fsp3) is 0. The lowest BCUT2D eigenvalue weighted by Crippen LogP contribution is -2.35. The second-order valence-corrected chi connectivity index (χ2v) is 19.9. The maximum atomic E-state index is 7.05. The lowest BCUT2D eigenvalue weighted by molar-refractivity contribution is 0.466. The van der Waals surface area contributed by atoms with E-state index in [-0.39, 0.29) is 0 Å². The molecule has 13 rings (SSSR count). The van der Waals surface area contributed by atoms with E-state index in [9.17, 15) is 0 Å². The number of aromatic nitrogens is 2. The second-order valence-electron chi connectivity index (χ2n) is 15.6. The van der Waals surface area contributed by atoms with Gasteiger partial charge in [-0.05, 0) is 107 Å². The number of ether oxygens (including phenoxy) is 2. The van der Waals surface area contributed by atoms with Gasteiger partial charge >= 0.3 is 0 Å². The van der Waals surface area contributed by atoms with Crippen LogP contribution in [0.25, 0.3) is 77.2 Å². The Labute approximate surface area is 351 Å². The predicted octanol–water partition coefficient (Wildman–Crippen LogP) is 13.2. The quantitative estimate of drug-likeness (QED) is 0.166. The van der Waals surface area contributed by atoms with Crippen molar-refractivity contribution >= 4 is 77.4 Å². The van der Waals surface area contributed by atoms with Crippen molar-refractivity contribution in [3.05, 3.63) is 200 Å². The van der Waals surface area contributed by atoms with Crippen LogP contribution in [0.4, 0.5) is 0 Å². The highest BCUT2D eigenvalue weighted by atomic mass is 32.4. The lowest BCUT2D eigenvalue weighted by atomic mass is 10.0. The molecular formula is C54H33N2O2PS. The summed E-state index contributed by atoms with van der Waals surface area (Å²) in [6.07, 6.45) is 0. The largest absolute Gasteiger partial charge is 0.456 e. The Kier molecular flexibility index (Phi) is 7.13. The fourth-order valence-corrected chi connectivity index (χ4v) is 14.2. The van der Waals surface area contributed by atoms with Crippen LogP contribution in [0.1, 0.15) is 0 Å². The summed E-state index contributed by atoms with van der Waals surface area (Å²) in [6, 6.07) is 68.7. The van der Waals surface area contributed by atoms with Crippen molar-refractivity contribution in [2.24, 2.45) is 0 Å². The first-order valence-electron chi connectivity index (χ1n) is 20.2. The molecule has 4 nitrogen and oxygen atoms in total. The molecule has 60 heavy (non-hydrogen) atoms. The Morgan fingerprint density at radius 2 is 0.683 bits per heavy atom. The van der Waals surface area contributed by atoms with Crippen molar-refractivity contribution < 1.29 is 9.47 Å². The molecule has 0 unspecified atom stereocenters. The van der Waals surface area contributed by atoms with E-state index in [0.29, 0.717) is 0 Å². The van der Waals surface area contributed by atoms with Gasteiger partial charge in [-0.1, -0.05) is 127 Å². The summed E-state index contributed by atoms with van der Waals surface area (Å²) in [7, 11) is 0. The molecule has 11 aromatic rings. The van der Waals surface area contributed by atoms with Gasteiger partial charge < -0.3 is 18.6 Å². The Balaban J connectivity index is 0.910. The molecule has 0 spiro atoms. The summed E-state index contributed by atoms with van der Waals surface area (Å²) < 4.78 is 18.0. The molecule has 0 fully saturated rings. The highest BCUT2D eigenvalue weighted by molar-refractivity contribution is 8.26. The Bertz CT molecular complexity index is 3300. The molecule has 0 amide bonds. The fourth-order valence-electron chi connectivity index (χ4n) is 9.65. The van der Waals surface area contributed by atoms with E-state index in [1.807, 2.05) is 18.2 Å². The summed E-state index contributed by atoms with van der Waals surface area (Å²) in [5.41, 5.74) is 11.5. The number of nitrogens with zero attached hydrogens (tertiary/aromatic N) is 2. The summed E-state index contributed by atoms with van der Waals surface area (Å²) >= 11 is 7.05. The third kappa shape index (κ3) is 4.76. The number of fused-ring (bicyclic) bond motifs is 10. The summed E-state index contributed by atoms with van der Waals surface area (Å²) in [5, 5.41) is 8.09. The van der Waals surface area contributed by atoms with Crippen molar-refractivity contribution in [3.63, 3.8) is 0 Å². The summed E-state index contributed by atoms with van der Waals surface area (Å²) in [5.74, 6) is 3.17. The van der Waals surface area contributed by atoms with Crippen LogP contribution in [0.5, 0.6) is 23.0 Å². The number of para-hydroxylation sites is 4. The normalized spacial score (nSPS) is 13.5. The maximum absolute atomic E-state index is 7.05. The van der Waals surface area contributed by atoms with E-state index in [4.69, 9.17) is 21.3 Å². The van der Waals surface area contributed by atoms with Gasteiger partial charge in [0.05, 0.1) is 33.4 Å². The van der Waals surface area contributed by atoms with E-state index in [1.54, 1.807) is 0 Å². The van der Waals surface area contributed by atoms with Gasteiger partial charge in [0.25, 0.3) is 0 Å². The molecule has 0 aliphatic carbocycles. The van der Waals surface area contributed by atoms with Crippen LogP contribution in [-0.4, -0.2) is 9.13 Å². The van der Waals surface area contributed by atoms with Gasteiger partial charge in [-0.15, -0.1) is 0 Å². The molecular weight excluding hydrogens is 772 g/mol. The minimum absolute atomic E-state index is 0.776. The summed E-state index contributed by atoms with van der Waals surface area (Å²) in [4.78, 5) is 0. The van der Waals surface area contributed by atoms with Crippen LogP contribution in [0, 0.1) is 0 Å². The first kappa shape index (κ1) is 33.8. The van der Waals surface area contributed by atoms with Crippen LogP contribution < -0.4 is 25.4 Å². The van der Waals surface area contributed by atoms with Crippen LogP contribution >= 0.6 is 6.04 Å². The van der Waals surface area contributed by atoms with Gasteiger partial charge in [0, 0.05) is 43.5 Å². The third-order valence-electron chi connectivity index (χ3n) is 12.4. The van der Waals surface area contributed by atoms with Crippen LogP contribution in [-0.2, 0) is 11.8 Å². The highest BCUT2D eigenvalue weighted by Crippen LogP contribution is 2.59. The van der Waals surface area contributed by atoms with Crippen molar-refractivity contribution in [1.82, 2.24) is 9.13 Å². The van der Waals surface area contributed by atoms with Gasteiger partial charge in [-0.2, -0.15) is 0 Å².